The van der Waals surface area contributed by atoms with Crippen molar-refractivity contribution in [2.75, 3.05) is 7.11 Å². The van der Waals surface area contributed by atoms with Crippen molar-refractivity contribution in [3.63, 3.8) is 0 Å². The summed E-state index contributed by atoms with van der Waals surface area (Å²) in [6.45, 7) is 21.9. The Balaban J connectivity index is 1.59. The second kappa shape index (κ2) is 10.7. The third-order valence-electron chi connectivity index (χ3n) is 11.4. The van der Waals surface area contributed by atoms with Gasteiger partial charge in [-0.25, -0.2) is 0 Å². The minimum absolute atomic E-state index is 0.0567. The molecule has 0 aromatic rings. The molecule has 6 heteroatoms. The van der Waals surface area contributed by atoms with Crippen LogP contribution in [-0.2, 0) is 18.4 Å². The highest BCUT2D eigenvalue weighted by molar-refractivity contribution is 6.70. The SMILES string of the molecule is COC(=O)CCC(C)C1CCC2C3C(O[Si](C)(C)C)CC4CC(O[Si](C)(C)C)CCC4(C)C3CCC12C. The van der Waals surface area contributed by atoms with Gasteiger partial charge < -0.3 is 13.6 Å². The largest absolute Gasteiger partial charge is 0.469 e. The van der Waals surface area contributed by atoms with Gasteiger partial charge in [0.05, 0.1) is 7.11 Å². The summed E-state index contributed by atoms with van der Waals surface area (Å²) in [4.78, 5) is 11.9. The number of ether oxygens (including phenoxy) is 1. The van der Waals surface area contributed by atoms with Crippen LogP contribution in [0.4, 0.5) is 0 Å². The number of rotatable bonds is 8. The molecular weight excluding hydrogens is 493 g/mol. The second-order valence-electron chi connectivity index (χ2n) is 15.9. The Labute approximate surface area is 230 Å². The molecule has 214 valence electrons. The summed E-state index contributed by atoms with van der Waals surface area (Å²) in [7, 11) is -1.69. The van der Waals surface area contributed by atoms with Crippen molar-refractivity contribution in [3.8, 4) is 0 Å². The molecule has 4 aliphatic rings. The topological polar surface area (TPSA) is 44.8 Å². The zero-order valence-electron chi connectivity index (χ0n) is 25.8. The number of methoxy groups -OCH3 is 1. The average molecular weight is 551 g/mol. The maximum Gasteiger partial charge on any atom is 0.305 e. The van der Waals surface area contributed by atoms with Crippen LogP contribution in [0.2, 0.25) is 39.3 Å². The first-order valence-corrected chi connectivity index (χ1v) is 22.3. The van der Waals surface area contributed by atoms with Gasteiger partial charge in [-0.15, -0.1) is 0 Å². The molecule has 37 heavy (non-hydrogen) atoms. The van der Waals surface area contributed by atoms with E-state index in [1.165, 1.54) is 58.5 Å². The third-order valence-corrected chi connectivity index (χ3v) is 13.5. The first kappa shape index (κ1) is 29.8. The molecular formula is C31H58O4Si2. The molecule has 0 heterocycles. The highest BCUT2D eigenvalue weighted by atomic mass is 28.4. The van der Waals surface area contributed by atoms with Gasteiger partial charge in [0.2, 0.25) is 0 Å². The molecule has 4 aliphatic carbocycles. The van der Waals surface area contributed by atoms with Crippen LogP contribution >= 0.6 is 0 Å². The summed E-state index contributed by atoms with van der Waals surface area (Å²) in [6.07, 6.45) is 12.8. The molecule has 4 fully saturated rings. The molecule has 0 bridgehead atoms. The standard InChI is InChI=1S/C31H58O4Si2/c1-21(11-14-28(32)33-4)24-12-13-25-29-26(16-18-31(24,25)3)30(2)17-15-23(34-36(5,6)7)19-22(30)20-27(29)35-37(8,9)10/h21-27,29H,11-20H2,1-10H3. The number of hydrogen-bond acceptors (Lipinski definition) is 4. The number of carbonyl (C=O) groups excluding carboxylic acids is 1. The van der Waals surface area contributed by atoms with Gasteiger partial charge in [-0.05, 0) is 143 Å². The lowest BCUT2D eigenvalue weighted by molar-refractivity contribution is -0.168. The fourth-order valence-corrected chi connectivity index (χ4v) is 12.3. The fraction of sp³-hybridized carbons (Fsp3) is 0.968. The van der Waals surface area contributed by atoms with E-state index in [9.17, 15) is 4.79 Å². The van der Waals surface area contributed by atoms with E-state index in [0.717, 1.165) is 24.2 Å². The van der Waals surface area contributed by atoms with Crippen LogP contribution in [0.5, 0.6) is 0 Å². The van der Waals surface area contributed by atoms with E-state index >= 15 is 0 Å². The highest BCUT2D eigenvalue weighted by Gasteiger charge is 2.63. The van der Waals surface area contributed by atoms with Crippen molar-refractivity contribution < 1.29 is 18.4 Å². The van der Waals surface area contributed by atoms with Gasteiger partial charge in [0.1, 0.15) is 0 Å². The smallest absolute Gasteiger partial charge is 0.305 e. The van der Waals surface area contributed by atoms with Crippen LogP contribution < -0.4 is 0 Å². The minimum Gasteiger partial charge on any atom is -0.469 e. The average Bonchev–Trinajstić information content (AvgIpc) is 3.13. The number of carbonyl (C=O) groups is 1. The monoisotopic (exact) mass is 550 g/mol. The van der Waals surface area contributed by atoms with Crippen LogP contribution in [0.25, 0.3) is 0 Å². The van der Waals surface area contributed by atoms with E-state index in [2.05, 4.69) is 60.1 Å². The van der Waals surface area contributed by atoms with Crippen molar-refractivity contribution in [3.05, 3.63) is 0 Å². The van der Waals surface area contributed by atoms with E-state index in [1.807, 2.05) is 0 Å². The molecule has 4 saturated carbocycles. The number of esters is 1. The van der Waals surface area contributed by atoms with Crippen LogP contribution in [-0.4, -0.2) is 41.9 Å². The summed E-state index contributed by atoms with van der Waals surface area (Å²) in [5.41, 5.74) is 0.804. The van der Waals surface area contributed by atoms with Crippen molar-refractivity contribution in [2.24, 2.45) is 46.3 Å². The predicted octanol–water partition coefficient (Wildman–Crippen LogP) is 8.28. The Bertz CT molecular complexity index is 819. The van der Waals surface area contributed by atoms with Crippen LogP contribution in [0.1, 0.15) is 85.0 Å². The first-order chi connectivity index (χ1) is 17.1. The Kier molecular flexibility index (Phi) is 8.59. The van der Waals surface area contributed by atoms with Gasteiger partial charge in [-0.1, -0.05) is 20.8 Å². The molecule has 0 N–H and O–H groups in total. The Morgan fingerprint density at radius 2 is 1.49 bits per heavy atom. The molecule has 10 atom stereocenters. The number of fused-ring (bicyclic) bond motifs is 5. The quantitative estimate of drug-likeness (QED) is 0.225. The number of hydrogen-bond donors (Lipinski definition) is 0. The third kappa shape index (κ3) is 6.12. The van der Waals surface area contributed by atoms with Gasteiger partial charge >= 0.3 is 5.97 Å². The Morgan fingerprint density at radius 3 is 2.11 bits per heavy atom. The maximum absolute atomic E-state index is 11.9. The summed E-state index contributed by atoms with van der Waals surface area (Å²) in [5.74, 6) is 4.18. The molecule has 4 nitrogen and oxygen atoms in total. The molecule has 0 saturated heterocycles. The van der Waals surface area contributed by atoms with Crippen LogP contribution in [0.3, 0.4) is 0 Å². The second-order valence-corrected chi connectivity index (χ2v) is 24.9. The molecule has 0 aliphatic heterocycles. The molecule has 0 aromatic carbocycles. The van der Waals surface area contributed by atoms with E-state index in [-0.39, 0.29) is 5.97 Å². The Hall–Kier alpha value is -0.176. The zero-order valence-corrected chi connectivity index (χ0v) is 27.8. The molecule has 0 amide bonds. The lowest BCUT2D eigenvalue weighted by atomic mass is 9.43. The lowest BCUT2D eigenvalue weighted by Crippen LogP contribution is -2.60. The van der Waals surface area contributed by atoms with Gasteiger partial charge in [0.15, 0.2) is 16.6 Å². The summed E-state index contributed by atoms with van der Waals surface area (Å²) >= 11 is 0. The van der Waals surface area contributed by atoms with E-state index in [4.69, 9.17) is 13.6 Å². The van der Waals surface area contributed by atoms with Gasteiger partial charge in [-0.2, -0.15) is 0 Å². The van der Waals surface area contributed by atoms with Gasteiger partial charge in [0, 0.05) is 18.6 Å². The van der Waals surface area contributed by atoms with Gasteiger partial charge in [-0.3, -0.25) is 4.79 Å². The molecule has 0 aromatic heterocycles. The summed E-state index contributed by atoms with van der Waals surface area (Å²) in [5, 5.41) is 0. The van der Waals surface area contributed by atoms with E-state index in [1.54, 1.807) is 0 Å². The van der Waals surface area contributed by atoms with Crippen molar-refractivity contribution in [1.82, 2.24) is 0 Å². The lowest BCUT2D eigenvalue weighted by Gasteiger charge is -2.64. The van der Waals surface area contributed by atoms with Crippen molar-refractivity contribution in [2.45, 2.75) is 136 Å². The van der Waals surface area contributed by atoms with Crippen molar-refractivity contribution in [1.29, 1.82) is 0 Å². The normalized spacial score (nSPS) is 42.9. The van der Waals surface area contributed by atoms with E-state index in [0.29, 0.717) is 47.2 Å². The fourth-order valence-electron chi connectivity index (χ4n) is 9.97. The molecule has 0 spiro atoms. The van der Waals surface area contributed by atoms with E-state index < -0.39 is 16.6 Å². The maximum atomic E-state index is 11.9. The highest BCUT2D eigenvalue weighted by Crippen LogP contribution is 2.69. The Morgan fingerprint density at radius 1 is 0.865 bits per heavy atom. The summed E-state index contributed by atoms with van der Waals surface area (Å²) in [6, 6.07) is 0. The molecule has 0 radical (unpaired) electrons. The van der Waals surface area contributed by atoms with Crippen LogP contribution in [0, 0.1) is 46.3 Å². The molecule has 4 rings (SSSR count). The minimum atomic E-state index is -1.67. The zero-order chi connectivity index (χ0) is 27.4. The predicted molar refractivity (Wildman–Crippen MR) is 157 cm³/mol. The van der Waals surface area contributed by atoms with Crippen LogP contribution in [0.15, 0.2) is 0 Å². The molecule has 10 unspecified atom stereocenters. The summed E-state index contributed by atoms with van der Waals surface area (Å²) < 4.78 is 18.8. The first-order valence-electron chi connectivity index (χ1n) is 15.5. The van der Waals surface area contributed by atoms with Gasteiger partial charge in [0.25, 0.3) is 0 Å². The van der Waals surface area contributed by atoms with Crippen molar-refractivity contribution >= 4 is 22.6 Å².